The number of nitrogens with zero attached hydrogens (tertiary/aromatic N) is 1. The molecule has 1 unspecified atom stereocenters. The first kappa shape index (κ1) is 15.5. The minimum atomic E-state index is -0.196. The highest BCUT2D eigenvalue weighted by molar-refractivity contribution is 6.00. The zero-order chi connectivity index (χ0) is 15.2. The van der Waals surface area contributed by atoms with Gasteiger partial charge < -0.3 is 10.1 Å². The van der Waals surface area contributed by atoms with Crippen molar-refractivity contribution >= 4 is 11.7 Å². The zero-order valence-electron chi connectivity index (χ0n) is 12.6. The summed E-state index contributed by atoms with van der Waals surface area (Å²) < 4.78 is 5.50. The minimum absolute atomic E-state index is 0.00477. The van der Waals surface area contributed by atoms with E-state index in [0.29, 0.717) is 17.9 Å². The van der Waals surface area contributed by atoms with Crippen LogP contribution >= 0.6 is 0 Å². The molecule has 1 atom stereocenters. The quantitative estimate of drug-likeness (QED) is 0.806. The molecule has 0 aliphatic carbocycles. The Morgan fingerprint density at radius 3 is 2.86 bits per heavy atom. The Labute approximate surface area is 125 Å². The topological polar surface area (TPSA) is 58.6 Å². The van der Waals surface area contributed by atoms with E-state index in [1.807, 2.05) is 24.0 Å². The molecule has 1 N–H and O–H groups in total. The van der Waals surface area contributed by atoms with Gasteiger partial charge in [-0.3, -0.25) is 14.5 Å². The van der Waals surface area contributed by atoms with Crippen molar-refractivity contribution in [3.63, 3.8) is 0 Å². The molecule has 5 nitrogen and oxygen atoms in total. The standard InChI is InChI=1S/C16H22N2O3/c1-3-21-15-9-5-4-7-12(15)14(19)11-18-10-6-8-13(18)16(20)17-2/h4-5,7,9,13H,3,6,8,10-11H2,1-2H3,(H,17,20). The van der Waals surface area contributed by atoms with Gasteiger partial charge in [-0.15, -0.1) is 0 Å². The molecule has 21 heavy (non-hydrogen) atoms. The van der Waals surface area contributed by atoms with Crippen LogP contribution in [-0.4, -0.2) is 49.4 Å². The Kier molecular flexibility index (Phi) is 5.33. The van der Waals surface area contributed by atoms with Crippen molar-refractivity contribution in [2.24, 2.45) is 0 Å². The normalized spacial score (nSPS) is 18.5. The number of carbonyl (C=O) groups excluding carboxylic acids is 2. The summed E-state index contributed by atoms with van der Waals surface area (Å²) in [4.78, 5) is 26.3. The van der Waals surface area contributed by atoms with Crippen LogP contribution in [0, 0.1) is 0 Å². The highest BCUT2D eigenvalue weighted by atomic mass is 16.5. The smallest absolute Gasteiger partial charge is 0.237 e. The number of amides is 1. The van der Waals surface area contributed by atoms with Crippen LogP contribution in [0.4, 0.5) is 0 Å². The monoisotopic (exact) mass is 290 g/mol. The van der Waals surface area contributed by atoms with E-state index in [-0.39, 0.29) is 24.3 Å². The summed E-state index contributed by atoms with van der Waals surface area (Å²) in [6, 6.07) is 7.06. The lowest BCUT2D eigenvalue weighted by Gasteiger charge is -2.22. The van der Waals surface area contributed by atoms with Gasteiger partial charge in [0.05, 0.1) is 24.8 Å². The van der Waals surface area contributed by atoms with Crippen molar-refractivity contribution in [2.45, 2.75) is 25.8 Å². The maximum atomic E-state index is 12.5. The van der Waals surface area contributed by atoms with Crippen LogP contribution in [0.1, 0.15) is 30.1 Å². The van der Waals surface area contributed by atoms with E-state index in [1.54, 1.807) is 19.2 Å². The third-order valence-corrected chi connectivity index (χ3v) is 3.75. The van der Waals surface area contributed by atoms with E-state index in [1.165, 1.54) is 0 Å². The van der Waals surface area contributed by atoms with Gasteiger partial charge in [-0.05, 0) is 38.4 Å². The fraction of sp³-hybridized carbons (Fsp3) is 0.500. The van der Waals surface area contributed by atoms with Crippen molar-refractivity contribution in [1.82, 2.24) is 10.2 Å². The van der Waals surface area contributed by atoms with Gasteiger partial charge in [0.2, 0.25) is 5.91 Å². The molecule has 0 saturated carbocycles. The summed E-state index contributed by atoms with van der Waals surface area (Å²) in [6.45, 7) is 3.45. The van der Waals surface area contributed by atoms with Crippen LogP contribution in [0.25, 0.3) is 0 Å². The second kappa shape index (κ2) is 7.22. The molecule has 0 radical (unpaired) electrons. The lowest BCUT2D eigenvalue weighted by Crippen LogP contribution is -2.44. The highest BCUT2D eigenvalue weighted by Crippen LogP contribution is 2.22. The van der Waals surface area contributed by atoms with Crippen molar-refractivity contribution in [3.05, 3.63) is 29.8 Å². The molecular weight excluding hydrogens is 268 g/mol. The number of para-hydroxylation sites is 1. The van der Waals surface area contributed by atoms with Gasteiger partial charge >= 0.3 is 0 Å². The Balaban J connectivity index is 2.09. The van der Waals surface area contributed by atoms with E-state index >= 15 is 0 Å². The Bertz CT molecular complexity index is 516. The molecular formula is C16H22N2O3. The van der Waals surface area contributed by atoms with E-state index in [0.717, 1.165) is 19.4 Å². The van der Waals surface area contributed by atoms with Gasteiger partial charge in [0.25, 0.3) is 0 Å². The molecule has 0 bridgehead atoms. The van der Waals surface area contributed by atoms with Gasteiger partial charge in [0.1, 0.15) is 5.75 Å². The number of rotatable bonds is 6. The molecule has 1 aliphatic heterocycles. The number of ether oxygens (including phenoxy) is 1. The lowest BCUT2D eigenvalue weighted by molar-refractivity contribution is -0.124. The Morgan fingerprint density at radius 2 is 2.14 bits per heavy atom. The highest BCUT2D eigenvalue weighted by Gasteiger charge is 2.31. The molecule has 0 aromatic heterocycles. The fourth-order valence-electron chi connectivity index (χ4n) is 2.73. The summed E-state index contributed by atoms with van der Waals surface area (Å²) in [5.41, 5.74) is 0.585. The molecule has 1 saturated heterocycles. The molecule has 114 valence electrons. The number of nitrogens with one attached hydrogen (secondary N) is 1. The fourth-order valence-corrected chi connectivity index (χ4v) is 2.73. The minimum Gasteiger partial charge on any atom is -0.493 e. The van der Waals surface area contributed by atoms with Crippen LogP contribution in [0.2, 0.25) is 0 Å². The van der Waals surface area contributed by atoms with Crippen LogP contribution < -0.4 is 10.1 Å². The number of likely N-dealkylation sites (N-methyl/N-ethyl adjacent to an activating group) is 1. The van der Waals surface area contributed by atoms with E-state index in [2.05, 4.69) is 5.32 Å². The van der Waals surface area contributed by atoms with E-state index < -0.39 is 0 Å². The molecule has 1 heterocycles. The van der Waals surface area contributed by atoms with E-state index in [9.17, 15) is 9.59 Å². The van der Waals surface area contributed by atoms with Crippen molar-refractivity contribution in [1.29, 1.82) is 0 Å². The summed E-state index contributed by atoms with van der Waals surface area (Å²) in [6.07, 6.45) is 1.75. The number of ketones is 1. The molecule has 0 spiro atoms. The first-order valence-electron chi connectivity index (χ1n) is 7.38. The van der Waals surface area contributed by atoms with Crippen molar-refractivity contribution < 1.29 is 14.3 Å². The maximum absolute atomic E-state index is 12.5. The largest absolute Gasteiger partial charge is 0.493 e. The average Bonchev–Trinajstić information content (AvgIpc) is 2.95. The lowest BCUT2D eigenvalue weighted by atomic mass is 10.1. The number of hydrogen-bond acceptors (Lipinski definition) is 4. The van der Waals surface area contributed by atoms with Gasteiger partial charge in [-0.25, -0.2) is 0 Å². The molecule has 5 heteroatoms. The number of carbonyl (C=O) groups is 2. The van der Waals surface area contributed by atoms with Crippen LogP contribution in [-0.2, 0) is 4.79 Å². The Hall–Kier alpha value is -1.88. The predicted octanol–water partition coefficient (Wildman–Crippen LogP) is 1.48. The van der Waals surface area contributed by atoms with Crippen molar-refractivity contribution in [2.75, 3.05) is 26.7 Å². The zero-order valence-corrected chi connectivity index (χ0v) is 12.6. The first-order chi connectivity index (χ1) is 10.2. The van der Waals surface area contributed by atoms with Crippen molar-refractivity contribution in [3.8, 4) is 5.75 Å². The SMILES string of the molecule is CCOc1ccccc1C(=O)CN1CCCC1C(=O)NC. The third kappa shape index (κ3) is 3.61. The molecule has 1 aromatic carbocycles. The summed E-state index contributed by atoms with van der Waals surface area (Å²) >= 11 is 0. The average molecular weight is 290 g/mol. The van der Waals surface area contributed by atoms with Crippen LogP contribution in [0.15, 0.2) is 24.3 Å². The van der Waals surface area contributed by atoms with Gasteiger partial charge in [-0.2, -0.15) is 0 Å². The second-order valence-electron chi connectivity index (χ2n) is 5.10. The molecule has 1 aliphatic rings. The second-order valence-corrected chi connectivity index (χ2v) is 5.10. The molecule has 1 fully saturated rings. The number of Topliss-reactive ketones (excluding diaryl/α,β-unsaturated/α-hetero) is 1. The summed E-state index contributed by atoms with van der Waals surface area (Å²) in [7, 11) is 1.63. The Morgan fingerprint density at radius 1 is 1.38 bits per heavy atom. The third-order valence-electron chi connectivity index (χ3n) is 3.75. The van der Waals surface area contributed by atoms with E-state index in [4.69, 9.17) is 4.74 Å². The number of likely N-dealkylation sites (tertiary alicyclic amines) is 1. The summed E-state index contributed by atoms with van der Waals surface area (Å²) in [5, 5.41) is 2.66. The van der Waals surface area contributed by atoms with Gasteiger partial charge in [0, 0.05) is 7.05 Å². The van der Waals surface area contributed by atoms with Gasteiger partial charge in [-0.1, -0.05) is 12.1 Å². The first-order valence-corrected chi connectivity index (χ1v) is 7.38. The van der Waals surface area contributed by atoms with Gasteiger partial charge in [0.15, 0.2) is 5.78 Å². The maximum Gasteiger partial charge on any atom is 0.237 e. The predicted molar refractivity (Wildman–Crippen MR) is 80.6 cm³/mol. The van der Waals surface area contributed by atoms with Crippen LogP contribution in [0.5, 0.6) is 5.75 Å². The summed E-state index contributed by atoms with van der Waals surface area (Å²) in [5.74, 6) is 0.592. The molecule has 2 rings (SSSR count). The molecule has 1 amide bonds. The number of hydrogen-bond donors (Lipinski definition) is 1. The van der Waals surface area contributed by atoms with Crippen LogP contribution in [0.3, 0.4) is 0 Å². The number of benzene rings is 1. The molecule has 1 aromatic rings.